The Bertz CT molecular complexity index is 571. The third-order valence-corrected chi connectivity index (χ3v) is 3.95. The van der Waals surface area contributed by atoms with Gasteiger partial charge >= 0.3 is 0 Å². The summed E-state index contributed by atoms with van der Waals surface area (Å²) in [4.78, 5) is 2.39. The Labute approximate surface area is 133 Å². The monoisotopic (exact) mass is 303 g/mol. The van der Waals surface area contributed by atoms with Crippen molar-refractivity contribution in [1.82, 2.24) is 4.90 Å². The van der Waals surface area contributed by atoms with Gasteiger partial charge in [-0.2, -0.15) is 0 Å². The molecule has 0 atom stereocenters. The zero-order valence-corrected chi connectivity index (χ0v) is 13.2. The van der Waals surface area contributed by atoms with Crippen molar-refractivity contribution >= 4 is 12.4 Å². The fraction of sp³-hybridized carbons (Fsp3) is 0.333. The molecular formula is C18H22ClNO. The summed E-state index contributed by atoms with van der Waals surface area (Å²) in [6.45, 7) is 2.92. The average molecular weight is 304 g/mol. The molecule has 112 valence electrons. The van der Waals surface area contributed by atoms with Crippen LogP contribution in [0.5, 0.6) is 5.75 Å². The molecule has 3 rings (SSSR count). The van der Waals surface area contributed by atoms with Crippen LogP contribution in [0.2, 0.25) is 0 Å². The van der Waals surface area contributed by atoms with Crippen molar-refractivity contribution in [1.29, 1.82) is 0 Å². The zero-order chi connectivity index (χ0) is 13.8. The maximum absolute atomic E-state index is 5.91. The van der Waals surface area contributed by atoms with Crippen LogP contribution in [-0.2, 0) is 19.4 Å². The van der Waals surface area contributed by atoms with Gasteiger partial charge in [-0.15, -0.1) is 12.4 Å². The number of fused-ring (bicyclic) bond motifs is 1. The van der Waals surface area contributed by atoms with Gasteiger partial charge in [-0.3, -0.25) is 0 Å². The van der Waals surface area contributed by atoms with Crippen molar-refractivity contribution in [3.05, 3.63) is 65.2 Å². The fourth-order valence-electron chi connectivity index (χ4n) is 2.64. The van der Waals surface area contributed by atoms with Gasteiger partial charge in [0.2, 0.25) is 0 Å². The van der Waals surface area contributed by atoms with Gasteiger partial charge in [0, 0.05) is 13.1 Å². The van der Waals surface area contributed by atoms with Crippen LogP contribution in [0.3, 0.4) is 0 Å². The standard InChI is InChI=1S/C18H21NO.ClH/c1-19-11-9-16-7-8-18(13-17(16)10-12-19)20-14-15-5-3-2-4-6-15;/h2-8,13H,9-12,14H2,1H3;1H. The van der Waals surface area contributed by atoms with Crippen LogP contribution in [0.15, 0.2) is 48.5 Å². The number of hydrogen-bond donors (Lipinski definition) is 0. The summed E-state index contributed by atoms with van der Waals surface area (Å²) in [5.41, 5.74) is 4.13. The summed E-state index contributed by atoms with van der Waals surface area (Å²) < 4.78 is 5.91. The molecule has 0 amide bonds. The molecule has 0 fully saturated rings. The molecule has 0 saturated carbocycles. The largest absolute Gasteiger partial charge is 0.489 e. The van der Waals surface area contributed by atoms with E-state index in [1.54, 1.807) is 0 Å². The number of halogens is 1. The maximum atomic E-state index is 5.91. The third-order valence-electron chi connectivity index (χ3n) is 3.95. The molecular weight excluding hydrogens is 282 g/mol. The predicted octanol–water partition coefficient (Wildman–Crippen LogP) is 3.72. The van der Waals surface area contributed by atoms with Crippen LogP contribution in [0.25, 0.3) is 0 Å². The lowest BCUT2D eigenvalue weighted by Gasteiger charge is -2.11. The Balaban J connectivity index is 0.00000161. The number of likely N-dealkylation sites (N-methyl/N-ethyl adjacent to an activating group) is 1. The quantitative estimate of drug-likeness (QED) is 0.857. The van der Waals surface area contributed by atoms with Crippen molar-refractivity contribution < 1.29 is 4.74 Å². The van der Waals surface area contributed by atoms with Crippen molar-refractivity contribution in [3.8, 4) is 5.75 Å². The summed E-state index contributed by atoms with van der Waals surface area (Å²) in [7, 11) is 2.19. The Hall–Kier alpha value is -1.51. The molecule has 1 aliphatic rings. The molecule has 0 unspecified atom stereocenters. The first-order valence-corrected chi connectivity index (χ1v) is 7.28. The fourth-order valence-corrected chi connectivity index (χ4v) is 2.64. The van der Waals surface area contributed by atoms with E-state index in [2.05, 4.69) is 42.3 Å². The lowest BCUT2D eigenvalue weighted by atomic mass is 10.0. The second-order valence-corrected chi connectivity index (χ2v) is 5.51. The molecule has 2 aromatic rings. The van der Waals surface area contributed by atoms with E-state index in [0.29, 0.717) is 6.61 Å². The minimum absolute atomic E-state index is 0. The lowest BCUT2D eigenvalue weighted by Crippen LogP contribution is -2.20. The van der Waals surface area contributed by atoms with Crippen LogP contribution < -0.4 is 4.74 Å². The van der Waals surface area contributed by atoms with Gasteiger partial charge in [0.1, 0.15) is 12.4 Å². The molecule has 1 aliphatic heterocycles. The predicted molar refractivity (Wildman–Crippen MR) is 89.4 cm³/mol. The number of ether oxygens (including phenoxy) is 1. The van der Waals surface area contributed by atoms with E-state index >= 15 is 0 Å². The SMILES string of the molecule is CN1CCc2ccc(OCc3ccccc3)cc2CC1.Cl. The number of hydrogen-bond acceptors (Lipinski definition) is 2. The molecule has 2 aromatic carbocycles. The minimum atomic E-state index is 0. The Morgan fingerprint density at radius 1 is 0.952 bits per heavy atom. The summed E-state index contributed by atoms with van der Waals surface area (Å²) in [5, 5.41) is 0. The third kappa shape index (κ3) is 4.23. The first-order chi connectivity index (χ1) is 9.81. The van der Waals surface area contributed by atoms with Crippen molar-refractivity contribution in [2.75, 3.05) is 20.1 Å². The summed E-state index contributed by atoms with van der Waals surface area (Å²) in [6.07, 6.45) is 2.26. The van der Waals surface area contributed by atoms with Crippen LogP contribution in [0.4, 0.5) is 0 Å². The molecule has 0 spiro atoms. The summed E-state index contributed by atoms with van der Waals surface area (Å²) in [5.74, 6) is 0.983. The zero-order valence-electron chi connectivity index (χ0n) is 12.4. The van der Waals surface area contributed by atoms with Gasteiger partial charge in [0.15, 0.2) is 0 Å². The molecule has 3 heteroatoms. The van der Waals surface area contributed by atoms with Gasteiger partial charge < -0.3 is 9.64 Å². The van der Waals surface area contributed by atoms with Crippen LogP contribution in [-0.4, -0.2) is 25.0 Å². The van der Waals surface area contributed by atoms with Crippen LogP contribution in [0.1, 0.15) is 16.7 Å². The van der Waals surface area contributed by atoms with E-state index in [0.717, 1.165) is 31.7 Å². The van der Waals surface area contributed by atoms with E-state index in [9.17, 15) is 0 Å². The van der Waals surface area contributed by atoms with E-state index in [1.165, 1.54) is 16.7 Å². The van der Waals surface area contributed by atoms with Gasteiger partial charge in [0.25, 0.3) is 0 Å². The van der Waals surface area contributed by atoms with Gasteiger partial charge in [-0.1, -0.05) is 36.4 Å². The number of nitrogens with zero attached hydrogens (tertiary/aromatic N) is 1. The van der Waals surface area contributed by atoms with E-state index in [1.807, 2.05) is 18.2 Å². The van der Waals surface area contributed by atoms with Crippen LogP contribution in [0, 0.1) is 0 Å². The van der Waals surface area contributed by atoms with Crippen molar-refractivity contribution in [3.63, 3.8) is 0 Å². The van der Waals surface area contributed by atoms with E-state index in [4.69, 9.17) is 4.74 Å². The normalized spacial score (nSPS) is 14.7. The second kappa shape index (κ2) is 7.48. The smallest absolute Gasteiger partial charge is 0.120 e. The highest BCUT2D eigenvalue weighted by atomic mass is 35.5. The first-order valence-electron chi connectivity index (χ1n) is 7.28. The highest BCUT2D eigenvalue weighted by Crippen LogP contribution is 2.22. The molecule has 21 heavy (non-hydrogen) atoms. The topological polar surface area (TPSA) is 12.5 Å². The average Bonchev–Trinajstić information content (AvgIpc) is 2.68. The molecule has 0 bridgehead atoms. The van der Waals surface area contributed by atoms with Gasteiger partial charge in [0.05, 0.1) is 0 Å². The molecule has 0 N–H and O–H groups in total. The molecule has 0 saturated heterocycles. The summed E-state index contributed by atoms with van der Waals surface area (Å²) >= 11 is 0. The minimum Gasteiger partial charge on any atom is -0.489 e. The van der Waals surface area contributed by atoms with Gasteiger partial charge in [-0.25, -0.2) is 0 Å². The van der Waals surface area contributed by atoms with Crippen molar-refractivity contribution in [2.24, 2.45) is 0 Å². The Kier molecular flexibility index (Phi) is 5.66. The number of benzene rings is 2. The maximum Gasteiger partial charge on any atom is 0.120 e. The van der Waals surface area contributed by atoms with Crippen molar-refractivity contribution in [2.45, 2.75) is 19.4 Å². The first kappa shape index (κ1) is 15.9. The molecule has 0 aromatic heterocycles. The van der Waals surface area contributed by atoms with E-state index < -0.39 is 0 Å². The van der Waals surface area contributed by atoms with E-state index in [-0.39, 0.29) is 12.4 Å². The second-order valence-electron chi connectivity index (χ2n) is 5.51. The van der Waals surface area contributed by atoms with Gasteiger partial charge in [-0.05, 0) is 48.7 Å². The highest BCUT2D eigenvalue weighted by Gasteiger charge is 2.11. The molecule has 2 nitrogen and oxygen atoms in total. The Morgan fingerprint density at radius 2 is 1.67 bits per heavy atom. The summed E-state index contributed by atoms with van der Waals surface area (Å²) in [6, 6.07) is 16.9. The Morgan fingerprint density at radius 3 is 2.43 bits per heavy atom. The number of rotatable bonds is 3. The van der Waals surface area contributed by atoms with Crippen LogP contribution >= 0.6 is 12.4 Å². The molecule has 0 aliphatic carbocycles. The molecule has 0 radical (unpaired) electrons. The lowest BCUT2D eigenvalue weighted by molar-refractivity contribution is 0.306. The molecule has 1 heterocycles. The highest BCUT2D eigenvalue weighted by molar-refractivity contribution is 5.85.